The Morgan fingerprint density at radius 3 is 1.79 bits per heavy atom. The number of ketones is 1. The lowest BCUT2D eigenvalue weighted by Gasteiger charge is -2.61. The molecule has 0 aliphatic heterocycles. The third kappa shape index (κ3) is 1.86. The number of rotatable bonds is 2. The molecule has 0 heterocycles. The number of carbonyl (C=O) groups is 1. The van der Waals surface area contributed by atoms with Gasteiger partial charge in [0, 0.05) is 17.5 Å². The number of nitrogens with two attached hydrogens (primary N) is 1. The Labute approximate surface area is 143 Å². The summed E-state index contributed by atoms with van der Waals surface area (Å²) in [4.78, 5) is 12.8. The molecule has 4 aliphatic rings. The van der Waals surface area contributed by atoms with Crippen LogP contribution >= 0.6 is 0 Å². The molecule has 2 nitrogen and oxygen atoms in total. The largest absolute Gasteiger partial charge is 0.399 e. The van der Waals surface area contributed by atoms with Crippen LogP contribution in [0.5, 0.6) is 0 Å². The van der Waals surface area contributed by atoms with Gasteiger partial charge in [0.1, 0.15) is 5.78 Å². The van der Waals surface area contributed by atoms with Crippen molar-refractivity contribution in [2.45, 2.75) is 42.9 Å². The van der Waals surface area contributed by atoms with Crippen molar-refractivity contribution in [1.29, 1.82) is 0 Å². The van der Waals surface area contributed by atoms with Gasteiger partial charge in [-0.3, -0.25) is 4.79 Å². The van der Waals surface area contributed by atoms with Crippen molar-refractivity contribution in [2.24, 2.45) is 11.8 Å². The molecule has 2 heteroatoms. The average Bonchev–Trinajstić information content (AvgIpc) is 2.60. The zero-order valence-electron chi connectivity index (χ0n) is 13.9. The van der Waals surface area contributed by atoms with Crippen LogP contribution in [0, 0.1) is 11.8 Å². The summed E-state index contributed by atoms with van der Waals surface area (Å²) in [6.07, 6.45) is 5.32. The van der Waals surface area contributed by atoms with Gasteiger partial charge >= 0.3 is 0 Å². The van der Waals surface area contributed by atoms with Gasteiger partial charge in [-0.2, -0.15) is 0 Å². The predicted octanol–water partition coefficient (Wildman–Crippen LogP) is 4.24. The van der Waals surface area contributed by atoms with Crippen LogP contribution in [0.3, 0.4) is 0 Å². The van der Waals surface area contributed by atoms with Crippen LogP contribution < -0.4 is 5.73 Å². The molecule has 2 aromatic rings. The molecule has 4 bridgehead atoms. The Morgan fingerprint density at radius 2 is 1.25 bits per heavy atom. The lowest BCUT2D eigenvalue weighted by molar-refractivity contribution is -0.144. The van der Waals surface area contributed by atoms with E-state index in [1.807, 2.05) is 12.1 Å². The van der Waals surface area contributed by atoms with Gasteiger partial charge in [0.05, 0.1) is 0 Å². The van der Waals surface area contributed by atoms with E-state index >= 15 is 0 Å². The van der Waals surface area contributed by atoms with E-state index in [4.69, 9.17) is 5.73 Å². The zero-order chi connectivity index (χ0) is 16.4. The summed E-state index contributed by atoms with van der Waals surface area (Å²) < 4.78 is 0. The van der Waals surface area contributed by atoms with Crippen LogP contribution in [0.25, 0.3) is 0 Å². The number of hydrogen-bond acceptors (Lipinski definition) is 2. The summed E-state index contributed by atoms with van der Waals surface area (Å²) in [6, 6.07) is 19.4. The molecule has 122 valence electrons. The van der Waals surface area contributed by atoms with Crippen molar-refractivity contribution in [3.8, 4) is 0 Å². The number of Topliss-reactive ketones (excluding diaryl/α,β-unsaturated/α-hetero) is 1. The quantitative estimate of drug-likeness (QED) is 0.842. The molecular weight excluding hydrogens is 294 g/mol. The lowest BCUT2D eigenvalue weighted by atomic mass is 9.41. The van der Waals surface area contributed by atoms with Crippen molar-refractivity contribution in [3.05, 3.63) is 65.7 Å². The van der Waals surface area contributed by atoms with Crippen LogP contribution in [0.4, 0.5) is 5.69 Å². The predicted molar refractivity (Wildman–Crippen MR) is 95.7 cm³/mol. The Balaban J connectivity index is 1.64. The Morgan fingerprint density at radius 1 is 0.750 bits per heavy atom. The molecule has 2 aromatic carbocycles. The summed E-state index contributed by atoms with van der Waals surface area (Å²) in [5.74, 6) is 1.01. The average molecular weight is 317 g/mol. The molecule has 0 spiro atoms. The second-order valence-electron chi connectivity index (χ2n) is 8.34. The molecule has 4 aliphatic carbocycles. The van der Waals surface area contributed by atoms with Crippen molar-refractivity contribution < 1.29 is 4.79 Å². The summed E-state index contributed by atoms with van der Waals surface area (Å²) in [5.41, 5.74) is 9.88. The molecule has 2 unspecified atom stereocenters. The highest BCUT2D eigenvalue weighted by Gasteiger charge is 2.61. The fourth-order valence-electron chi connectivity index (χ4n) is 6.17. The number of anilines is 1. The first-order chi connectivity index (χ1) is 11.6. The smallest absolute Gasteiger partial charge is 0.139 e. The summed E-state index contributed by atoms with van der Waals surface area (Å²) in [7, 11) is 0. The van der Waals surface area contributed by atoms with Gasteiger partial charge in [-0.1, -0.05) is 42.5 Å². The van der Waals surface area contributed by atoms with E-state index < -0.39 is 0 Å². The highest BCUT2D eigenvalue weighted by atomic mass is 16.1. The van der Waals surface area contributed by atoms with Crippen LogP contribution in [0.1, 0.15) is 43.2 Å². The maximum absolute atomic E-state index is 12.8. The standard InChI is InChI=1S/C22H23NO/c23-19-8-6-18(7-9-19)22-12-15-10-21(14-22,11-16(13-22)20(15)24)17-4-2-1-3-5-17/h1-9,15-16H,10-14,23H2/t15-,16+,21?,22?. The van der Waals surface area contributed by atoms with E-state index in [2.05, 4.69) is 42.5 Å². The Bertz CT molecular complexity index is 774. The SMILES string of the molecule is Nc1ccc(C23C[C@H]4CC(c5ccccc5)(C[C@@H](C2)C4=O)C3)cc1. The molecular formula is C22H23NO. The van der Waals surface area contributed by atoms with E-state index in [0.717, 1.165) is 31.4 Å². The summed E-state index contributed by atoms with van der Waals surface area (Å²) in [5, 5.41) is 0. The number of benzene rings is 2. The van der Waals surface area contributed by atoms with Crippen LogP contribution in [0.2, 0.25) is 0 Å². The maximum Gasteiger partial charge on any atom is 0.139 e. The topological polar surface area (TPSA) is 43.1 Å². The fourth-order valence-corrected chi connectivity index (χ4v) is 6.17. The van der Waals surface area contributed by atoms with Gasteiger partial charge in [-0.15, -0.1) is 0 Å². The second-order valence-corrected chi connectivity index (χ2v) is 8.34. The van der Waals surface area contributed by atoms with Gasteiger partial charge in [0.2, 0.25) is 0 Å². The van der Waals surface area contributed by atoms with Gasteiger partial charge in [-0.25, -0.2) is 0 Å². The Hall–Kier alpha value is -2.09. The van der Waals surface area contributed by atoms with Crippen molar-refractivity contribution in [3.63, 3.8) is 0 Å². The molecule has 4 atom stereocenters. The van der Waals surface area contributed by atoms with Crippen molar-refractivity contribution in [2.75, 3.05) is 5.73 Å². The van der Waals surface area contributed by atoms with Gasteiger partial charge < -0.3 is 5.73 Å². The van der Waals surface area contributed by atoms with Gasteiger partial charge in [0.15, 0.2) is 0 Å². The van der Waals surface area contributed by atoms with Crippen LogP contribution in [-0.2, 0) is 15.6 Å². The monoisotopic (exact) mass is 317 g/mol. The highest BCUT2D eigenvalue weighted by Crippen LogP contribution is 2.65. The van der Waals surface area contributed by atoms with Crippen LogP contribution in [0.15, 0.2) is 54.6 Å². The molecule has 4 fully saturated rings. The molecule has 0 saturated heterocycles. The number of carbonyl (C=O) groups excluding carboxylic acids is 1. The van der Waals surface area contributed by atoms with E-state index in [1.54, 1.807) is 0 Å². The molecule has 0 radical (unpaired) electrons. The first-order valence-corrected chi connectivity index (χ1v) is 9.06. The minimum absolute atomic E-state index is 0.156. The van der Waals surface area contributed by atoms with E-state index in [-0.39, 0.29) is 22.7 Å². The third-order valence-corrected chi connectivity index (χ3v) is 6.94. The first-order valence-electron chi connectivity index (χ1n) is 9.06. The van der Waals surface area contributed by atoms with E-state index in [0.29, 0.717) is 5.78 Å². The molecule has 4 saturated carbocycles. The number of nitrogen functional groups attached to an aromatic ring is 1. The van der Waals surface area contributed by atoms with Gasteiger partial charge in [0.25, 0.3) is 0 Å². The molecule has 24 heavy (non-hydrogen) atoms. The van der Waals surface area contributed by atoms with E-state index in [9.17, 15) is 4.79 Å². The molecule has 0 aromatic heterocycles. The van der Waals surface area contributed by atoms with Gasteiger partial charge in [-0.05, 0) is 66.2 Å². The first kappa shape index (κ1) is 14.3. The third-order valence-electron chi connectivity index (χ3n) is 6.94. The maximum atomic E-state index is 12.8. The number of hydrogen-bond donors (Lipinski definition) is 1. The fraction of sp³-hybridized carbons (Fsp3) is 0.409. The minimum Gasteiger partial charge on any atom is -0.399 e. The van der Waals surface area contributed by atoms with Crippen LogP contribution in [-0.4, -0.2) is 5.78 Å². The molecule has 2 N–H and O–H groups in total. The van der Waals surface area contributed by atoms with Crippen molar-refractivity contribution in [1.82, 2.24) is 0 Å². The minimum atomic E-state index is 0.156. The van der Waals surface area contributed by atoms with Crippen molar-refractivity contribution >= 4 is 11.5 Å². The lowest BCUT2D eigenvalue weighted by Crippen LogP contribution is -2.59. The molecule has 0 amide bonds. The zero-order valence-corrected chi connectivity index (χ0v) is 13.9. The summed E-state index contributed by atoms with van der Waals surface area (Å²) in [6.45, 7) is 0. The van der Waals surface area contributed by atoms with E-state index in [1.165, 1.54) is 17.5 Å². The normalized spacial score (nSPS) is 36.9. The summed E-state index contributed by atoms with van der Waals surface area (Å²) >= 11 is 0. The Kier molecular flexibility index (Phi) is 2.81. The molecule has 6 rings (SSSR count). The highest BCUT2D eigenvalue weighted by molar-refractivity contribution is 5.87. The second kappa shape index (κ2) is 4.72.